The molecule has 2 rings (SSSR count). The van der Waals surface area contributed by atoms with E-state index in [0.717, 1.165) is 6.07 Å². The molecule has 7 heteroatoms. The molecular weight excluding hydrogens is 273 g/mol. The van der Waals surface area contributed by atoms with E-state index in [1.165, 1.54) is 12.3 Å². The van der Waals surface area contributed by atoms with Gasteiger partial charge in [0.05, 0.1) is 5.92 Å². The molecule has 1 fully saturated rings. The lowest BCUT2D eigenvalue weighted by atomic mass is 9.85. The van der Waals surface area contributed by atoms with Gasteiger partial charge in [0, 0.05) is 23.9 Å². The monoisotopic (exact) mass is 288 g/mol. The molecule has 20 heavy (non-hydrogen) atoms. The standard InChI is InChI=1S/C13H15F3N2O2/c14-13(15,16)9-2-1-3-10(7-9)18-12(20)8-4-5-17-11(19)6-8/h4-6,9-10H,1-3,7H2,(H,17,19)(H,18,20). The maximum Gasteiger partial charge on any atom is 0.391 e. The maximum atomic E-state index is 12.7. The highest BCUT2D eigenvalue weighted by molar-refractivity contribution is 5.94. The second-order valence-corrected chi connectivity index (χ2v) is 5.02. The summed E-state index contributed by atoms with van der Waals surface area (Å²) in [4.78, 5) is 25.3. The van der Waals surface area contributed by atoms with Crippen molar-refractivity contribution in [1.82, 2.24) is 10.3 Å². The maximum absolute atomic E-state index is 12.7. The predicted octanol–water partition coefficient (Wildman–Crippen LogP) is 2.23. The summed E-state index contributed by atoms with van der Waals surface area (Å²) in [5.41, 5.74) is -0.266. The Balaban J connectivity index is 1.99. The lowest BCUT2D eigenvalue weighted by Gasteiger charge is -2.31. The zero-order chi connectivity index (χ0) is 14.8. The van der Waals surface area contributed by atoms with E-state index in [4.69, 9.17) is 0 Å². The molecule has 0 saturated heterocycles. The molecular formula is C13H15F3N2O2. The van der Waals surface area contributed by atoms with Crippen LogP contribution >= 0.6 is 0 Å². The van der Waals surface area contributed by atoms with Gasteiger partial charge in [0.2, 0.25) is 5.56 Å². The highest BCUT2D eigenvalue weighted by atomic mass is 19.4. The molecule has 0 spiro atoms. The predicted molar refractivity (Wildman–Crippen MR) is 66.3 cm³/mol. The minimum atomic E-state index is -4.21. The molecule has 110 valence electrons. The van der Waals surface area contributed by atoms with Gasteiger partial charge in [0.25, 0.3) is 5.91 Å². The highest BCUT2D eigenvalue weighted by Gasteiger charge is 2.42. The topological polar surface area (TPSA) is 62.0 Å². The molecule has 0 bridgehead atoms. The number of aromatic nitrogens is 1. The molecule has 0 aromatic carbocycles. The van der Waals surface area contributed by atoms with Gasteiger partial charge < -0.3 is 10.3 Å². The Morgan fingerprint density at radius 1 is 1.35 bits per heavy atom. The lowest BCUT2D eigenvalue weighted by molar-refractivity contribution is -0.183. The number of nitrogens with one attached hydrogen (secondary N) is 2. The van der Waals surface area contributed by atoms with Gasteiger partial charge in [-0.2, -0.15) is 13.2 Å². The van der Waals surface area contributed by atoms with Crippen LogP contribution in [0, 0.1) is 5.92 Å². The number of aromatic amines is 1. The number of amides is 1. The van der Waals surface area contributed by atoms with Crippen LogP contribution < -0.4 is 10.9 Å². The number of hydrogen-bond donors (Lipinski definition) is 2. The van der Waals surface area contributed by atoms with Crippen molar-refractivity contribution in [1.29, 1.82) is 0 Å². The van der Waals surface area contributed by atoms with Gasteiger partial charge in [0.15, 0.2) is 0 Å². The van der Waals surface area contributed by atoms with Crippen molar-refractivity contribution in [2.24, 2.45) is 5.92 Å². The van der Waals surface area contributed by atoms with Crippen molar-refractivity contribution in [2.75, 3.05) is 0 Å². The average molecular weight is 288 g/mol. The van der Waals surface area contributed by atoms with Crippen molar-refractivity contribution in [3.63, 3.8) is 0 Å². The number of alkyl halides is 3. The summed E-state index contributed by atoms with van der Waals surface area (Å²) < 4.78 is 38.0. The molecule has 2 N–H and O–H groups in total. The molecule has 1 aliphatic carbocycles. The molecule has 1 aliphatic rings. The van der Waals surface area contributed by atoms with Crippen LogP contribution in [0.2, 0.25) is 0 Å². The number of hydrogen-bond acceptors (Lipinski definition) is 2. The van der Waals surface area contributed by atoms with E-state index in [2.05, 4.69) is 10.3 Å². The SMILES string of the molecule is O=C(NC1CCCC(C(F)(F)F)C1)c1cc[nH]c(=O)c1. The Morgan fingerprint density at radius 3 is 2.75 bits per heavy atom. The molecule has 1 heterocycles. The van der Waals surface area contributed by atoms with Gasteiger partial charge in [-0.1, -0.05) is 6.42 Å². The summed E-state index contributed by atoms with van der Waals surface area (Å²) in [7, 11) is 0. The molecule has 1 aromatic heterocycles. The Labute approximate surface area is 113 Å². The van der Waals surface area contributed by atoms with Crippen LogP contribution in [0.5, 0.6) is 0 Å². The molecule has 4 nitrogen and oxygen atoms in total. The van der Waals surface area contributed by atoms with Crippen molar-refractivity contribution in [2.45, 2.75) is 37.9 Å². The summed E-state index contributed by atoms with van der Waals surface area (Å²) >= 11 is 0. The van der Waals surface area contributed by atoms with Crippen LogP contribution in [0.3, 0.4) is 0 Å². The van der Waals surface area contributed by atoms with Crippen LogP contribution in [0.15, 0.2) is 23.1 Å². The number of carbonyl (C=O) groups is 1. The van der Waals surface area contributed by atoms with E-state index in [9.17, 15) is 22.8 Å². The van der Waals surface area contributed by atoms with E-state index in [1.54, 1.807) is 0 Å². The van der Waals surface area contributed by atoms with E-state index >= 15 is 0 Å². The molecule has 1 saturated carbocycles. The first kappa shape index (κ1) is 14.6. The van der Waals surface area contributed by atoms with Gasteiger partial charge in [0.1, 0.15) is 0 Å². The third-order valence-electron chi connectivity index (χ3n) is 3.51. The largest absolute Gasteiger partial charge is 0.391 e. The number of pyridine rings is 1. The fourth-order valence-electron chi connectivity index (χ4n) is 2.47. The summed E-state index contributed by atoms with van der Waals surface area (Å²) in [5, 5.41) is 2.57. The Bertz CT molecular complexity index is 539. The first-order valence-corrected chi connectivity index (χ1v) is 6.42. The fraction of sp³-hybridized carbons (Fsp3) is 0.538. The van der Waals surface area contributed by atoms with Crippen LogP contribution in [0.25, 0.3) is 0 Å². The molecule has 1 aromatic rings. The minimum Gasteiger partial charge on any atom is -0.349 e. The smallest absolute Gasteiger partial charge is 0.349 e. The number of H-pyrrole nitrogens is 1. The van der Waals surface area contributed by atoms with Gasteiger partial charge in [-0.15, -0.1) is 0 Å². The first-order chi connectivity index (χ1) is 9.36. The Morgan fingerprint density at radius 2 is 2.10 bits per heavy atom. The van der Waals surface area contributed by atoms with Gasteiger partial charge in [-0.25, -0.2) is 0 Å². The molecule has 1 amide bonds. The quantitative estimate of drug-likeness (QED) is 0.876. The van der Waals surface area contributed by atoms with Gasteiger partial charge >= 0.3 is 6.18 Å². The Hall–Kier alpha value is -1.79. The zero-order valence-corrected chi connectivity index (χ0v) is 10.7. The van der Waals surface area contributed by atoms with Crippen molar-refractivity contribution < 1.29 is 18.0 Å². The van der Waals surface area contributed by atoms with Gasteiger partial charge in [-0.05, 0) is 25.3 Å². The van der Waals surface area contributed by atoms with Crippen LogP contribution in [0.4, 0.5) is 13.2 Å². The van der Waals surface area contributed by atoms with E-state index < -0.39 is 29.6 Å². The number of rotatable bonds is 2. The normalized spacial score (nSPS) is 23.4. The van der Waals surface area contributed by atoms with E-state index in [1.807, 2.05) is 0 Å². The number of halogens is 3. The highest BCUT2D eigenvalue weighted by Crippen LogP contribution is 2.37. The van der Waals surface area contributed by atoms with Crippen molar-refractivity contribution >= 4 is 5.91 Å². The number of carbonyl (C=O) groups excluding carboxylic acids is 1. The molecule has 0 aliphatic heterocycles. The fourth-order valence-corrected chi connectivity index (χ4v) is 2.47. The second-order valence-electron chi connectivity index (χ2n) is 5.02. The summed E-state index contributed by atoms with van der Waals surface area (Å²) in [6.07, 6.45) is -1.91. The summed E-state index contributed by atoms with van der Waals surface area (Å²) in [6.45, 7) is 0. The summed E-state index contributed by atoms with van der Waals surface area (Å²) in [6, 6.07) is 2.04. The van der Waals surface area contributed by atoms with E-state index in [0.29, 0.717) is 12.8 Å². The zero-order valence-electron chi connectivity index (χ0n) is 10.7. The van der Waals surface area contributed by atoms with Crippen LogP contribution in [-0.2, 0) is 0 Å². The molecule has 2 unspecified atom stereocenters. The minimum absolute atomic E-state index is 0.0988. The first-order valence-electron chi connectivity index (χ1n) is 6.42. The van der Waals surface area contributed by atoms with Gasteiger partial charge in [-0.3, -0.25) is 9.59 Å². The third kappa shape index (κ3) is 3.61. The third-order valence-corrected chi connectivity index (χ3v) is 3.51. The van der Waals surface area contributed by atoms with Crippen LogP contribution in [0.1, 0.15) is 36.0 Å². The molecule has 2 atom stereocenters. The van der Waals surface area contributed by atoms with Crippen molar-refractivity contribution in [3.8, 4) is 0 Å². The second kappa shape index (κ2) is 5.68. The van der Waals surface area contributed by atoms with Crippen LogP contribution in [-0.4, -0.2) is 23.1 Å². The molecule has 0 radical (unpaired) electrons. The average Bonchev–Trinajstić information content (AvgIpc) is 2.38. The van der Waals surface area contributed by atoms with Crippen molar-refractivity contribution in [3.05, 3.63) is 34.2 Å². The Kier molecular flexibility index (Phi) is 4.15. The lowest BCUT2D eigenvalue weighted by Crippen LogP contribution is -2.41. The van der Waals surface area contributed by atoms with E-state index in [-0.39, 0.29) is 18.4 Å². The summed E-state index contributed by atoms with van der Waals surface area (Å²) in [5.74, 6) is -1.87.